The highest BCUT2D eigenvalue weighted by molar-refractivity contribution is 7.07. The zero-order valence-corrected chi connectivity index (χ0v) is 22.2. The van der Waals surface area contributed by atoms with Gasteiger partial charge in [0, 0.05) is 25.0 Å². The molecule has 2 aromatic carbocycles. The molecule has 2 heterocycles. The molecule has 2 N–H and O–H groups in total. The third-order valence-corrected chi connectivity index (χ3v) is 6.97. The zero-order valence-electron chi connectivity index (χ0n) is 21.4. The number of nitriles is 2. The van der Waals surface area contributed by atoms with Gasteiger partial charge in [0.2, 0.25) is 0 Å². The summed E-state index contributed by atoms with van der Waals surface area (Å²) in [5.74, 6) is 0.195. The molecule has 0 saturated carbocycles. The van der Waals surface area contributed by atoms with Crippen LogP contribution in [-0.4, -0.2) is 36.7 Å². The van der Waals surface area contributed by atoms with Crippen molar-refractivity contribution in [1.82, 2.24) is 9.88 Å². The Morgan fingerprint density at radius 1 is 1.21 bits per heavy atom. The highest BCUT2D eigenvalue weighted by atomic mass is 32.1. The number of benzene rings is 2. The van der Waals surface area contributed by atoms with E-state index in [0.29, 0.717) is 22.3 Å². The molecule has 0 spiro atoms. The van der Waals surface area contributed by atoms with Crippen molar-refractivity contribution in [2.45, 2.75) is 19.9 Å². The Morgan fingerprint density at radius 3 is 2.85 bits per heavy atom. The lowest BCUT2D eigenvalue weighted by atomic mass is 10.1. The number of rotatable bonds is 8. The van der Waals surface area contributed by atoms with E-state index in [-0.39, 0.29) is 17.7 Å². The minimum absolute atomic E-state index is 0.230. The molecule has 0 fully saturated rings. The van der Waals surface area contributed by atoms with Crippen molar-refractivity contribution in [2.75, 3.05) is 36.5 Å². The Bertz CT molecular complexity index is 1710. The number of nitrogens with one attached hydrogen (secondary N) is 2. The number of carbonyl (C=O) groups excluding carboxylic acids is 1. The smallest absolute Gasteiger partial charge is 0.277 e. The molecule has 0 atom stereocenters. The molecule has 1 aliphatic rings. The normalized spacial score (nSPS) is 11.5. The minimum atomic E-state index is -0.719. The van der Waals surface area contributed by atoms with Gasteiger partial charge in [0.05, 0.1) is 18.3 Å². The number of carbonyl (C=O) groups is 1. The third-order valence-electron chi connectivity index (χ3n) is 5.96. The molecule has 3 aromatic rings. The Hall–Kier alpha value is -4.98. The number of para-hydroxylation sites is 2. The fraction of sp³-hybridized carbons (Fsp3) is 0.241. The van der Waals surface area contributed by atoms with Crippen LogP contribution in [0.4, 0.5) is 11.4 Å². The van der Waals surface area contributed by atoms with Crippen LogP contribution in [0.15, 0.2) is 65.1 Å². The van der Waals surface area contributed by atoms with E-state index < -0.39 is 5.91 Å². The number of ether oxygens (including phenoxy) is 1. The number of hydrogen-bond acceptors (Lipinski definition) is 8. The van der Waals surface area contributed by atoms with Crippen molar-refractivity contribution in [3.8, 4) is 17.9 Å². The molecule has 10 heteroatoms. The lowest BCUT2D eigenvalue weighted by Crippen LogP contribution is -2.34. The van der Waals surface area contributed by atoms with Gasteiger partial charge in [-0.1, -0.05) is 47.1 Å². The molecule has 0 saturated heterocycles. The summed E-state index contributed by atoms with van der Waals surface area (Å²) in [5.41, 5.74) is 8.23. The Kier molecular flexibility index (Phi) is 9.03. The number of thiazole rings is 1. The van der Waals surface area contributed by atoms with Gasteiger partial charge in [-0.15, -0.1) is 0 Å². The van der Waals surface area contributed by atoms with E-state index >= 15 is 0 Å². The lowest BCUT2D eigenvalue weighted by Gasteiger charge is -2.31. The van der Waals surface area contributed by atoms with E-state index in [1.54, 1.807) is 25.3 Å². The lowest BCUT2D eigenvalue weighted by molar-refractivity contribution is -0.116. The quantitative estimate of drug-likeness (QED) is 0.255. The molecule has 1 amide bonds. The van der Waals surface area contributed by atoms with Crippen molar-refractivity contribution in [3.05, 3.63) is 85.4 Å². The van der Waals surface area contributed by atoms with Gasteiger partial charge in [-0.05, 0) is 43.2 Å². The van der Waals surface area contributed by atoms with Gasteiger partial charge in [0.1, 0.15) is 34.2 Å². The highest BCUT2D eigenvalue weighted by Gasteiger charge is 2.17. The fourth-order valence-electron chi connectivity index (χ4n) is 4.06. The second-order valence-corrected chi connectivity index (χ2v) is 9.42. The van der Waals surface area contributed by atoms with Crippen LogP contribution in [0.2, 0.25) is 0 Å². The molecule has 196 valence electrons. The first-order chi connectivity index (χ1) is 19.0. The van der Waals surface area contributed by atoms with Gasteiger partial charge >= 0.3 is 0 Å². The summed E-state index contributed by atoms with van der Waals surface area (Å²) in [6.45, 7) is 4.27. The van der Waals surface area contributed by atoms with E-state index in [1.165, 1.54) is 10.1 Å². The van der Waals surface area contributed by atoms with Crippen LogP contribution in [0.5, 0.6) is 5.75 Å². The van der Waals surface area contributed by atoms with Crippen molar-refractivity contribution in [2.24, 2.45) is 0 Å². The van der Waals surface area contributed by atoms with Crippen LogP contribution >= 0.6 is 11.3 Å². The van der Waals surface area contributed by atoms with Crippen LogP contribution in [-0.2, 0) is 17.8 Å². The highest BCUT2D eigenvalue weighted by Crippen LogP contribution is 2.30. The molecule has 9 nitrogen and oxygen atoms in total. The number of hydrogen-bond donors (Lipinski definition) is 2. The molecule has 39 heavy (non-hydrogen) atoms. The van der Waals surface area contributed by atoms with E-state index in [1.807, 2.05) is 30.3 Å². The van der Waals surface area contributed by atoms with E-state index in [2.05, 4.69) is 45.2 Å². The monoisotopic (exact) mass is 538 g/mol. The number of amides is 1. The molecule has 4 rings (SSSR count). The largest absolute Gasteiger partial charge is 0.490 e. The molecule has 1 aliphatic heterocycles. The number of nitrogens with zero attached hydrogens (tertiary/aromatic N) is 4. The first kappa shape index (κ1) is 27.1. The molecule has 0 aliphatic carbocycles. The summed E-state index contributed by atoms with van der Waals surface area (Å²) in [4.78, 5) is 27.2. The van der Waals surface area contributed by atoms with Crippen molar-refractivity contribution < 1.29 is 9.53 Å². The molecule has 0 radical (unpaired) electrons. The van der Waals surface area contributed by atoms with Gasteiger partial charge in [0.15, 0.2) is 5.57 Å². The number of fused-ring (bicyclic) bond motifs is 1. The summed E-state index contributed by atoms with van der Waals surface area (Å²) in [7, 11) is 0. The van der Waals surface area contributed by atoms with Gasteiger partial charge in [-0.2, -0.15) is 10.5 Å². The summed E-state index contributed by atoms with van der Waals surface area (Å²) in [6.07, 6.45) is 2.43. The summed E-state index contributed by atoms with van der Waals surface area (Å²) in [5, 5.41) is 23.4. The average molecular weight is 539 g/mol. The van der Waals surface area contributed by atoms with Crippen LogP contribution in [0.3, 0.4) is 0 Å². The Balaban J connectivity index is 1.53. The van der Waals surface area contributed by atoms with Crippen LogP contribution in [0.25, 0.3) is 11.5 Å². The van der Waals surface area contributed by atoms with Crippen LogP contribution in [0.1, 0.15) is 12.5 Å². The average Bonchev–Trinajstić information content (AvgIpc) is 3.27. The third kappa shape index (κ3) is 6.67. The summed E-state index contributed by atoms with van der Waals surface area (Å²) in [6, 6.07) is 19.7. The van der Waals surface area contributed by atoms with Crippen LogP contribution < -0.4 is 35.0 Å². The second-order valence-electron chi connectivity index (χ2n) is 8.42. The number of anilines is 2. The van der Waals surface area contributed by atoms with Gasteiger partial charge in [-0.3, -0.25) is 14.2 Å². The maximum atomic E-state index is 12.8. The van der Waals surface area contributed by atoms with Gasteiger partial charge in [0.25, 0.3) is 11.5 Å². The summed E-state index contributed by atoms with van der Waals surface area (Å²) >= 11 is 1.08. The first-order valence-corrected chi connectivity index (χ1v) is 13.2. The molecular weight excluding hydrogens is 512 g/mol. The minimum Gasteiger partial charge on any atom is -0.490 e. The zero-order chi connectivity index (χ0) is 27.6. The molecular formula is C29H26N6O3S. The maximum Gasteiger partial charge on any atom is 0.277 e. The Labute approximate surface area is 229 Å². The predicted molar refractivity (Wildman–Crippen MR) is 151 cm³/mol. The standard InChI is InChI=1S/C29H26N6O3S/c1-2-35-27(19-22(20-31)28(36)33-14-12-30)39-26(29(35)37)10-13-32-23-7-5-6-21(18-23)11-15-34-16-17-38-25-9-4-3-8-24(25)34/h3-9,13,18,32H,2,11,14-17H2,1H3,(H,33,36). The van der Waals surface area contributed by atoms with E-state index in [0.717, 1.165) is 48.0 Å². The van der Waals surface area contributed by atoms with Crippen LogP contribution in [0, 0.1) is 22.7 Å². The predicted octanol–water partition coefficient (Wildman–Crippen LogP) is 1.85. The first-order valence-electron chi connectivity index (χ1n) is 12.4. The van der Waals surface area contributed by atoms with Gasteiger partial charge in [-0.25, -0.2) is 0 Å². The van der Waals surface area contributed by atoms with Gasteiger partial charge < -0.3 is 20.3 Å². The maximum absolute atomic E-state index is 12.8. The topological polar surface area (TPSA) is 123 Å². The summed E-state index contributed by atoms with van der Waals surface area (Å²) < 4.78 is 7.80. The molecule has 0 unspecified atom stereocenters. The van der Waals surface area contributed by atoms with Crippen molar-refractivity contribution in [3.63, 3.8) is 0 Å². The van der Waals surface area contributed by atoms with Crippen molar-refractivity contribution >= 4 is 40.1 Å². The molecule has 0 bridgehead atoms. The SMILES string of the molecule is CCn1c(=C=C(C#N)C(=O)NCC#N)sc(=C=CNc2cccc(CCN3CCOc4ccccc43)c2)c1=O. The van der Waals surface area contributed by atoms with E-state index in [9.17, 15) is 14.9 Å². The fourth-order valence-corrected chi connectivity index (χ4v) is 5.04. The van der Waals surface area contributed by atoms with Crippen molar-refractivity contribution in [1.29, 1.82) is 10.5 Å². The van der Waals surface area contributed by atoms with E-state index in [4.69, 9.17) is 10.00 Å². The Morgan fingerprint density at radius 2 is 2.05 bits per heavy atom. The second kappa shape index (κ2) is 13.0. The molecule has 1 aromatic heterocycles. The number of aromatic nitrogens is 1.